The lowest BCUT2D eigenvalue weighted by Gasteiger charge is -2.05. The van der Waals surface area contributed by atoms with Crippen molar-refractivity contribution in [3.8, 4) is 0 Å². The van der Waals surface area contributed by atoms with Crippen LogP contribution in [0.4, 0.5) is 4.39 Å². The number of hydrogen-bond acceptors (Lipinski definition) is 1. The first-order valence-corrected chi connectivity index (χ1v) is 5.77. The Kier molecular flexibility index (Phi) is 3.22. The Balaban J connectivity index is 1.92. The molecule has 1 fully saturated rings. The van der Waals surface area contributed by atoms with Gasteiger partial charge in [-0.15, -0.1) is 0 Å². The van der Waals surface area contributed by atoms with Crippen molar-refractivity contribution in [1.29, 1.82) is 0 Å². The maximum absolute atomic E-state index is 13.3. The Morgan fingerprint density at radius 2 is 2.25 bits per heavy atom. The van der Waals surface area contributed by atoms with Crippen molar-refractivity contribution in [1.82, 2.24) is 5.32 Å². The minimum atomic E-state index is -0.451. The summed E-state index contributed by atoms with van der Waals surface area (Å²) in [7, 11) is 0. The third kappa shape index (κ3) is 2.40. The Bertz CT molecular complexity index is 391. The van der Waals surface area contributed by atoms with Gasteiger partial charge in [0.15, 0.2) is 0 Å². The van der Waals surface area contributed by atoms with Gasteiger partial charge in [0.2, 0.25) is 0 Å². The van der Waals surface area contributed by atoms with Gasteiger partial charge in [-0.25, -0.2) is 4.39 Å². The maximum Gasteiger partial charge on any atom is 0.254 e. The van der Waals surface area contributed by atoms with Crippen LogP contribution in [0, 0.1) is 11.7 Å². The Labute approximate surface area is 94.9 Å². The predicted molar refractivity (Wildman–Crippen MR) is 60.7 cm³/mol. The predicted octanol–water partition coefficient (Wildman–Crippen LogP) is 2.74. The SMILES string of the molecule is CCCC1CC1NC(=O)c1ccccc1F. The second-order valence-corrected chi connectivity index (χ2v) is 4.34. The fraction of sp³-hybridized carbons (Fsp3) is 0.462. The minimum absolute atomic E-state index is 0.143. The van der Waals surface area contributed by atoms with Gasteiger partial charge in [0, 0.05) is 6.04 Å². The molecule has 16 heavy (non-hydrogen) atoms. The molecule has 2 unspecified atom stereocenters. The van der Waals surface area contributed by atoms with Crippen molar-refractivity contribution in [3.05, 3.63) is 35.6 Å². The van der Waals surface area contributed by atoms with Gasteiger partial charge in [-0.3, -0.25) is 4.79 Å². The molecular formula is C13H16FNO. The van der Waals surface area contributed by atoms with Crippen molar-refractivity contribution >= 4 is 5.91 Å². The van der Waals surface area contributed by atoms with E-state index in [1.165, 1.54) is 12.1 Å². The number of halogens is 1. The highest BCUT2D eigenvalue weighted by Gasteiger charge is 2.37. The first kappa shape index (κ1) is 11.1. The molecule has 2 rings (SSSR count). The Morgan fingerprint density at radius 3 is 2.94 bits per heavy atom. The normalized spacial score (nSPS) is 22.9. The summed E-state index contributed by atoms with van der Waals surface area (Å²) < 4.78 is 13.3. The zero-order valence-electron chi connectivity index (χ0n) is 9.37. The van der Waals surface area contributed by atoms with Gasteiger partial charge >= 0.3 is 0 Å². The lowest BCUT2D eigenvalue weighted by molar-refractivity contribution is 0.0945. The lowest BCUT2D eigenvalue weighted by atomic mass is 10.2. The molecule has 0 spiro atoms. The molecule has 1 N–H and O–H groups in total. The number of benzene rings is 1. The monoisotopic (exact) mass is 221 g/mol. The summed E-state index contributed by atoms with van der Waals surface area (Å²) in [5, 5.41) is 2.87. The summed E-state index contributed by atoms with van der Waals surface area (Å²) in [4.78, 5) is 11.7. The number of nitrogens with one attached hydrogen (secondary N) is 1. The number of carbonyl (C=O) groups excluding carboxylic acids is 1. The summed E-state index contributed by atoms with van der Waals surface area (Å²) in [6.07, 6.45) is 3.31. The average molecular weight is 221 g/mol. The molecule has 1 aliphatic rings. The fourth-order valence-corrected chi connectivity index (χ4v) is 2.01. The van der Waals surface area contributed by atoms with E-state index < -0.39 is 5.82 Å². The van der Waals surface area contributed by atoms with E-state index in [1.807, 2.05) is 0 Å². The number of carbonyl (C=O) groups is 1. The van der Waals surface area contributed by atoms with Crippen LogP contribution in [0.3, 0.4) is 0 Å². The smallest absolute Gasteiger partial charge is 0.254 e. The quantitative estimate of drug-likeness (QED) is 0.832. The second-order valence-electron chi connectivity index (χ2n) is 4.34. The highest BCUT2D eigenvalue weighted by molar-refractivity contribution is 5.94. The maximum atomic E-state index is 13.3. The fourth-order valence-electron chi connectivity index (χ4n) is 2.01. The molecule has 1 amide bonds. The first-order chi connectivity index (χ1) is 7.72. The van der Waals surface area contributed by atoms with Crippen molar-refractivity contribution in [3.63, 3.8) is 0 Å². The second kappa shape index (κ2) is 4.64. The van der Waals surface area contributed by atoms with Crippen LogP contribution in [0.1, 0.15) is 36.5 Å². The van der Waals surface area contributed by atoms with Crippen LogP contribution in [0.15, 0.2) is 24.3 Å². The first-order valence-electron chi connectivity index (χ1n) is 5.77. The molecule has 2 atom stereocenters. The molecule has 0 saturated heterocycles. The van der Waals surface area contributed by atoms with E-state index in [2.05, 4.69) is 12.2 Å². The van der Waals surface area contributed by atoms with Gasteiger partial charge in [-0.2, -0.15) is 0 Å². The van der Waals surface area contributed by atoms with E-state index in [0.717, 1.165) is 19.3 Å². The molecule has 86 valence electrons. The molecular weight excluding hydrogens is 205 g/mol. The molecule has 2 nitrogen and oxygen atoms in total. The van der Waals surface area contributed by atoms with Gasteiger partial charge < -0.3 is 5.32 Å². The highest BCUT2D eigenvalue weighted by atomic mass is 19.1. The molecule has 1 aliphatic carbocycles. The Hall–Kier alpha value is -1.38. The lowest BCUT2D eigenvalue weighted by Crippen LogP contribution is -2.27. The van der Waals surface area contributed by atoms with E-state index >= 15 is 0 Å². The van der Waals surface area contributed by atoms with Crippen LogP contribution in [-0.4, -0.2) is 11.9 Å². The van der Waals surface area contributed by atoms with E-state index in [1.54, 1.807) is 12.1 Å². The summed E-state index contributed by atoms with van der Waals surface area (Å²) >= 11 is 0. The minimum Gasteiger partial charge on any atom is -0.349 e. The summed E-state index contributed by atoms with van der Waals surface area (Å²) in [5.74, 6) is -0.143. The third-order valence-electron chi connectivity index (χ3n) is 3.02. The van der Waals surface area contributed by atoms with Crippen LogP contribution in [-0.2, 0) is 0 Å². The van der Waals surface area contributed by atoms with Gasteiger partial charge in [0.05, 0.1) is 5.56 Å². The molecule has 3 heteroatoms. The van der Waals surface area contributed by atoms with Crippen LogP contribution >= 0.6 is 0 Å². The Morgan fingerprint density at radius 1 is 1.50 bits per heavy atom. The standard InChI is InChI=1S/C13H16FNO/c1-2-5-9-8-12(9)15-13(16)10-6-3-4-7-11(10)14/h3-4,6-7,9,12H,2,5,8H2,1H3,(H,15,16). The average Bonchev–Trinajstić information content (AvgIpc) is 2.97. The molecule has 0 aromatic heterocycles. The molecule has 0 radical (unpaired) electrons. The zero-order chi connectivity index (χ0) is 11.5. The largest absolute Gasteiger partial charge is 0.349 e. The topological polar surface area (TPSA) is 29.1 Å². The van der Waals surface area contributed by atoms with Gasteiger partial charge in [0.25, 0.3) is 5.91 Å². The van der Waals surface area contributed by atoms with Crippen molar-refractivity contribution in [2.24, 2.45) is 5.92 Å². The summed E-state index contributed by atoms with van der Waals surface area (Å²) in [6, 6.07) is 6.34. The van der Waals surface area contributed by atoms with Crippen LogP contribution in [0.25, 0.3) is 0 Å². The van der Waals surface area contributed by atoms with Gasteiger partial charge in [-0.05, 0) is 30.9 Å². The number of hydrogen-bond donors (Lipinski definition) is 1. The van der Waals surface area contributed by atoms with Gasteiger partial charge in [-0.1, -0.05) is 25.5 Å². The van der Waals surface area contributed by atoms with E-state index in [-0.39, 0.29) is 17.5 Å². The van der Waals surface area contributed by atoms with E-state index in [4.69, 9.17) is 0 Å². The number of amides is 1. The third-order valence-corrected chi connectivity index (χ3v) is 3.02. The van der Waals surface area contributed by atoms with Crippen LogP contribution < -0.4 is 5.32 Å². The van der Waals surface area contributed by atoms with Crippen LogP contribution in [0.2, 0.25) is 0 Å². The van der Waals surface area contributed by atoms with Gasteiger partial charge in [0.1, 0.15) is 5.82 Å². The van der Waals surface area contributed by atoms with Crippen molar-refractivity contribution in [2.45, 2.75) is 32.2 Å². The van der Waals surface area contributed by atoms with Crippen LogP contribution in [0.5, 0.6) is 0 Å². The summed E-state index contributed by atoms with van der Waals surface area (Å²) in [6.45, 7) is 2.13. The molecule has 0 heterocycles. The van der Waals surface area contributed by atoms with E-state index in [9.17, 15) is 9.18 Å². The van der Waals surface area contributed by atoms with E-state index in [0.29, 0.717) is 5.92 Å². The molecule has 1 aromatic carbocycles. The van der Waals surface area contributed by atoms with Crippen molar-refractivity contribution < 1.29 is 9.18 Å². The molecule has 0 aliphatic heterocycles. The molecule has 1 saturated carbocycles. The molecule has 0 bridgehead atoms. The number of rotatable bonds is 4. The summed E-state index contributed by atoms with van der Waals surface area (Å²) in [5.41, 5.74) is 0.143. The highest BCUT2D eigenvalue weighted by Crippen LogP contribution is 2.34. The molecule has 1 aromatic rings. The van der Waals surface area contributed by atoms with Crippen molar-refractivity contribution in [2.75, 3.05) is 0 Å². The zero-order valence-corrected chi connectivity index (χ0v) is 9.37.